The van der Waals surface area contributed by atoms with Crippen molar-refractivity contribution in [3.05, 3.63) is 34.9 Å². The second kappa shape index (κ2) is 8.99. The van der Waals surface area contributed by atoms with Gasteiger partial charge in [-0.1, -0.05) is 76.0 Å². The summed E-state index contributed by atoms with van der Waals surface area (Å²) in [6, 6.07) is 0. The van der Waals surface area contributed by atoms with E-state index in [0.717, 1.165) is 17.8 Å². The van der Waals surface area contributed by atoms with E-state index < -0.39 is 0 Å². The summed E-state index contributed by atoms with van der Waals surface area (Å²) < 4.78 is 0. The fraction of sp³-hybridized carbons (Fsp3) is 0.800. The highest BCUT2D eigenvalue weighted by Gasteiger charge is 2.57. The summed E-state index contributed by atoms with van der Waals surface area (Å²) in [6.45, 7) is 19.7. The van der Waals surface area contributed by atoms with Crippen molar-refractivity contribution >= 4 is 0 Å². The van der Waals surface area contributed by atoms with Gasteiger partial charge >= 0.3 is 0 Å². The number of rotatable bonds is 7. The zero-order chi connectivity index (χ0) is 22.2. The summed E-state index contributed by atoms with van der Waals surface area (Å²) in [4.78, 5) is 0. The van der Waals surface area contributed by atoms with Gasteiger partial charge in [-0.2, -0.15) is 0 Å². The third kappa shape index (κ3) is 4.54. The standard InChI is InChI=1S/C30H50/c1-22(2)12-9-13-23(3)14-10-15-24(4)29(7)21-18-26-25(29)16-17-27-28(5,6)19-11-20-30(26,27)8/h12,14,16,24,26-27H,9-11,13,15,17-21H2,1-8H3. The van der Waals surface area contributed by atoms with Crippen molar-refractivity contribution in [3.8, 4) is 0 Å². The zero-order valence-corrected chi connectivity index (χ0v) is 21.5. The van der Waals surface area contributed by atoms with Crippen LogP contribution in [0.2, 0.25) is 0 Å². The Morgan fingerprint density at radius 2 is 1.77 bits per heavy atom. The normalized spacial score (nSPS) is 36.5. The van der Waals surface area contributed by atoms with E-state index in [0.29, 0.717) is 16.2 Å². The van der Waals surface area contributed by atoms with Gasteiger partial charge in [0, 0.05) is 0 Å². The first-order chi connectivity index (χ1) is 14.0. The highest BCUT2D eigenvalue weighted by atomic mass is 14.6. The number of allylic oxidation sites excluding steroid dienone is 6. The maximum absolute atomic E-state index is 2.74. The molecule has 0 nitrogen and oxygen atoms in total. The van der Waals surface area contributed by atoms with Gasteiger partial charge in [0.15, 0.2) is 0 Å². The van der Waals surface area contributed by atoms with Gasteiger partial charge in [-0.05, 0) is 113 Å². The Labute approximate surface area is 188 Å². The van der Waals surface area contributed by atoms with E-state index in [1.807, 2.05) is 5.57 Å². The fourth-order valence-corrected chi connectivity index (χ4v) is 7.74. The van der Waals surface area contributed by atoms with E-state index >= 15 is 0 Å². The lowest BCUT2D eigenvalue weighted by Gasteiger charge is -2.57. The molecule has 0 radical (unpaired) electrons. The summed E-state index contributed by atoms with van der Waals surface area (Å²) >= 11 is 0. The first kappa shape index (κ1) is 23.9. The highest BCUT2D eigenvalue weighted by molar-refractivity contribution is 5.30. The minimum atomic E-state index is 0.435. The molecule has 3 aliphatic rings. The van der Waals surface area contributed by atoms with Crippen molar-refractivity contribution in [2.45, 2.75) is 120 Å². The molecule has 3 aliphatic carbocycles. The molecule has 0 N–H and O–H groups in total. The lowest BCUT2D eigenvalue weighted by molar-refractivity contribution is -0.0364. The van der Waals surface area contributed by atoms with Crippen molar-refractivity contribution in [1.82, 2.24) is 0 Å². The van der Waals surface area contributed by atoms with Crippen LogP contribution in [0, 0.1) is 34.0 Å². The molecule has 0 spiro atoms. The van der Waals surface area contributed by atoms with E-state index in [1.54, 1.807) is 5.57 Å². The van der Waals surface area contributed by atoms with Crippen LogP contribution in [0.15, 0.2) is 34.9 Å². The first-order valence-corrected chi connectivity index (χ1v) is 13.0. The third-order valence-corrected chi connectivity index (χ3v) is 9.90. The Morgan fingerprint density at radius 1 is 1.03 bits per heavy atom. The fourth-order valence-electron chi connectivity index (χ4n) is 7.74. The summed E-state index contributed by atoms with van der Waals surface area (Å²) in [6.07, 6.45) is 21.2. The molecule has 170 valence electrons. The SMILES string of the molecule is CC(C)=CCCC(C)=CCCC(C)C1(C)CCC2C1=CCC1C(C)(C)CCCC21C. The minimum Gasteiger partial charge on any atom is -0.0856 e. The predicted molar refractivity (Wildman–Crippen MR) is 134 cm³/mol. The molecular formula is C30H50. The van der Waals surface area contributed by atoms with E-state index in [1.165, 1.54) is 69.8 Å². The van der Waals surface area contributed by atoms with Gasteiger partial charge in [0.2, 0.25) is 0 Å². The van der Waals surface area contributed by atoms with Crippen LogP contribution >= 0.6 is 0 Å². The molecule has 0 aromatic carbocycles. The maximum atomic E-state index is 2.74. The van der Waals surface area contributed by atoms with Crippen molar-refractivity contribution in [2.24, 2.45) is 34.0 Å². The number of hydrogen-bond acceptors (Lipinski definition) is 0. The number of hydrogen-bond donors (Lipinski definition) is 0. The van der Waals surface area contributed by atoms with Gasteiger partial charge in [0.25, 0.3) is 0 Å². The molecule has 0 aromatic rings. The molecular weight excluding hydrogens is 360 g/mol. The molecule has 0 heterocycles. The van der Waals surface area contributed by atoms with E-state index in [-0.39, 0.29) is 0 Å². The first-order valence-electron chi connectivity index (χ1n) is 13.0. The Kier molecular flexibility index (Phi) is 7.16. The summed E-state index contributed by atoms with van der Waals surface area (Å²) in [5.74, 6) is 2.52. The largest absolute Gasteiger partial charge is 0.0856 e. The molecule has 0 amide bonds. The van der Waals surface area contributed by atoms with E-state index in [4.69, 9.17) is 0 Å². The molecule has 0 aromatic heterocycles. The molecule has 0 aliphatic heterocycles. The molecule has 0 saturated heterocycles. The lowest BCUT2D eigenvalue weighted by Crippen LogP contribution is -2.48. The lowest BCUT2D eigenvalue weighted by atomic mass is 9.48. The number of fused-ring (bicyclic) bond motifs is 3. The molecule has 0 bridgehead atoms. The maximum Gasteiger partial charge on any atom is -0.00875 e. The molecule has 5 unspecified atom stereocenters. The zero-order valence-electron chi connectivity index (χ0n) is 21.5. The van der Waals surface area contributed by atoms with Crippen LogP contribution in [0.4, 0.5) is 0 Å². The van der Waals surface area contributed by atoms with E-state index in [9.17, 15) is 0 Å². The van der Waals surface area contributed by atoms with Gasteiger partial charge < -0.3 is 0 Å². The van der Waals surface area contributed by atoms with E-state index in [2.05, 4.69) is 73.6 Å². The third-order valence-electron chi connectivity index (χ3n) is 9.90. The van der Waals surface area contributed by atoms with Crippen LogP contribution in [-0.4, -0.2) is 0 Å². The van der Waals surface area contributed by atoms with Gasteiger partial charge in [-0.25, -0.2) is 0 Å². The van der Waals surface area contributed by atoms with Gasteiger partial charge in [0.1, 0.15) is 0 Å². The van der Waals surface area contributed by atoms with Gasteiger partial charge in [-0.3, -0.25) is 0 Å². The van der Waals surface area contributed by atoms with Crippen LogP contribution in [-0.2, 0) is 0 Å². The summed E-state index contributed by atoms with van der Waals surface area (Å²) in [5.41, 5.74) is 6.39. The molecule has 2 fully saturated rings. The molecule has 0 heteroatoms. The van der Waals surface area contributed by atoms with Crippen molar-refractivity contribution < 1.29 is 0 Å². The van der Waals surface area contributed by atoms with Crippen molar-refractivity contribution in [1.29, 1.82) is 0 Å². The Hall–Kier alpha value is -0.780. The van der Waals surface area contributed by atoms with Crippen LogP contribution in [0.1, 0.15) is 120 Å². The van der Waals surface area contributed by atoms with Crippen LogP contribution in [0.5, 0.6) is 0 Å². The Bertz CT molecular complexity index is 698. The molecule has 30 heavy (non-hydrogen) atoms. The molecule has 3 rings (SSSR count). The van der Waals surface area contributed by atoms with Crippen LogP contribution in [0.3, 0.4) is 0 Å². The van der Waals surface area contributed by atoms with Crippen molar-refractivity contribution in [2.75, 3.05) is 0 Å². The topological polar surface area (TPSA) is 0 Å². The quantitative estimate of drug-likeness (QED) is 0.366. The second-order valence-electron chi connectivity index (χ2n) is 12.7. The predicted octanol–water partition coefficient (Wildman–Crippen LogP) is 9.67. The average Bonchev–Trinajstić information content (AvgIpc) is 3.00. The Morgan fingerprint density at radius 3 is 2.47 bits per heavy atom. The van der Waals surface area contributed by atoms with Crippen LogP contribution < -0.4 is 0 Å². The summed E-state index contributed by atoms with van der Waals surface area (Å²) in [7, 11) is 0. The van der Waals surface area contributed by atoms with Crippen LogP contribution in [0.25, 0.3) is 0 Å². The monoisotopic (exact) mass is 410 g/mol. The minimum absolute atomic E-state index is 0.435. The van der Waals surface area contributed by atoms with Gasteiger partial charge in [0.05, 0.1) is 0 Å². The second-order valence-corrected chi connectivity index (χ2v) is 12.7. The molecule has 5 atom stereocenters. The van der Waals surface area contributed by atoms with Gasteiger partial charge in [-0.15, -0.1) is 0 Å². The molecule has 2 saturated carbocycles. The van der Waals surface area contributed by atoms with Crippen molar-refractivity contribution in [3.63, 3.8) is 0 Å². The smallest absolute Gasteiger partial charge is 0.00875 e. The summed E-state index contributed by atoms with van der Waals surface area (Å²) in [5, 5.41) is 0. The Balaban J connectivity index is 1.66. The average molecular weight is 411 g/mol. The highest BCUT2D eigenvalue weighted by Crippen LogP contribution is 2.67.